The van der Waals surface area contributed by atoms with Gasteiger partial charge in [-0.15, -0.1) is 0 Å². The van der Waals surface area contributed by atoms with Gasteiger partial charge in [0.05, 0.1) is 11.4 Å². The molecule has 0 aliphatic carbocycles. The molecular formula is C15H23BrN2. The largest absolute Gasteiger partial charge is 0.397 e. The van der Waals surface area contributed by atoms with Crippen LogP contribution in [0.3, 0.4) is 0 Å². The standard InChI is InChI=1S/C15H23BrN2/c1-3-15(4-2)7-9-18(10-8-15)14-6-5-12(16)11-13(14)17/h5-6,11H,3-4,7-10,17H2,1-2H3. The fraction of sp³-hybridized carbons (Fsp3) is 0.600. The number of hydrogen-bond acceptors (Lipinski definition) is 2. The third-order valence-corrected chi connectivity index (χ3v) is 5.15. The first-order valence-corrected chi connectivity index (χ1v) is 7.69. The van der Waals surface area contributed by atoms with Crippen LogP contribution in [0.1, 0.15) is 39.5 Å². The molecule has 0 atom stereocenters. The van der Waals surface area contributed by atoms with Crippen LogP contribution in [0.25, 0.3) is 0 Å². The molecule has 0 amide bonds. The van der Waals surface area contributed by atoms with Crippen LogP contribution in [-0.2, 0) is 0 Å². The Labute approximate surface area is 119 Å². The molecule has 18 heavy (non-hydrogen) atoms. The molecule has 0 unspecified atom stereocenters. The minimum absolute atomic E-state index is 0.570. The minimum atomic E-state index is 0.570. The van der Waals surface area contributed by atoms with Crippen LogP contribution in [0.2, 0.25) is 0 Å². The molecule has 1 fully saturated rings. The molecule has 0 radical (unpaired) electrons. The summed E-state index contributed by atoms with van der Waals surface area (Å²) in [5.41, 5.74) is 8.76. The molecule has 2 N–H and O–H groups in total. The molecule has 0 saturated carbocycles. The molecule has 2 rings (SSSR count). The van der Waals surface area contributed by atoms with Gasteiger partial charge in [-0.05, 0) is 36.5 Å². The molecule has 1 aromatic carbocycles. The summed E-state index contributed by atoms with van der Waals surface area (Å²) < 4.78 is 1.05. The van der Waals surface area contributed by atoms with Crippen molar-refractivity contribution in [3.8, 4) is 0 Å². The number of benzene rings is 1. The molecule has 100 valence electrons. The number of nitrogens with zero attached hydrogens (tertiary/aromatic N) is 1. The fourth-order valence-corrected chi connectivity index (χ4v) is 3.37. The maximum atomic E-state index is 6.11. The quantitative estimate of drug-likeness (QED) is 0.836. The van der Waals surface area contributed by atoms with E-state index < -0.39 is 0 Å². The van der Waals surface area contributed by atoms with Crippen LogP contribution in [-0.4, -0.2) is 13.1 Å². The van der Waals surface area contributed by atoms with Gasteiger partial charge in [-0.2, -0.15) is 0 Å². The molecular weight excluding hydrogens is 288 g/mol. The van der Waals surface area contributed by atoms with Crippen LogP contribution < -0.4 is 10.6 Å². The predicted molar refractivity (Wildman–Crippen MR) is 83.0 cm³/mol. The Morgan fingerprint density at radius 3 is 2.33 bits per heavy atom. The van der Waals surface area contributed by atoms with Crippen LogP contribution >= 0.6 is 15.9 Å². The maximum absolute atomic E-state index is 6.11. The van der Waals surface area contributed by atoms with Gasteiger partial charge < -0.3 is 10.6 Å². The van der Waals surface area contributed by atoms with E-state index in [9.17, 15) is 0 Å². The van der Waals surface area contributed by atoms with E-state index in [2.05, 4.69) is 46.8 Å². The lowest BCUT2D eigenvalue weighted by molar-refractivity contribution is 0.199. The first-order chi connectivity index (χ1) is 8.60. The Bertz CT molecular complexity index is 403. The second kappa shape index (κ2) is 5.52. The van der Waals surface area contributed by atoms with E-state index >= 15 is 0 Å². The van der Waals surface area contributed by atoms with Gasteiger partial charge in [-0.3, -0.25) is 0 Å². The van der Waals surface area contributed by atoms with Crippen LogP contribution in [0.4, 0.5) is 11.4 Å². The zero-order valence-electron chi connectivity index (χ0n) is 11.4. The van der Waals surface area contributed by atoms with E-state index in [1.165, 1.54) is 31.4 Å². The van der Waals surface area contributed by atoms with Crippen molar-refractivity contribution < 1.29 is 0 Å². The van der Waals surface area contributed by atoms with E-state index in [0.29, 0.717) is 5.41 Å². The highest BCUT2D eigenvalue weighted by molar-refractivity contribution is 9.10. The molecule has 2 nitrogen and oxygen atoms in total. The zero-order chi connectivity index (χ0) is 13.2. The van der Waals surface area contributed by atoms with Crippen LogP contribution in [0.5, 0.6) is 0 Å². The van der Waals surface area contributed by atoms with E-state index in [4.69, 9.17) is 5.73 Å². The number of nitrogens with two attached hydrogens (primary N) is 1. The highest BCUT2D eigenvalue weighted by Crippen LogP contribution is 2.40. The lowest BCUT2D eigenvalue weighted by Crippen LogP contribution is -2.39. The minimum Gasteiger partial charge on any atom is -0.397 e. The van der Waals surface area contributed by atoms with Crippen molar-refractivity contribution in [1.82, 2.24) is 0 Å². The Morgan fingerprint density at radius 1 is 1.22 bits per heavy atom. The van der Waals surface area contributed by atoms with Gasteiger partial charge >= 0.3 is 0 Å². The van der Waals surface area contributed by atoms with Crippen molar-refractivity contribution in [2.75, 3.05) is 23.7 Å². The number of piperidine rings is 1. The number of rotatable bonds is 3. The SMILES string of the molecule is CCC1(CC)CCN(c2ccc(Br)cc2N)CC1. The highest BCUT2D eigenvalue weighted by Gasteiger charge is 2.31. The summed E-state index contributed by atoms with van der Waals surface area (Å²) in [5.74, 6) is 0. The molecule has 0 aromatic heterocycles. The van der Waals surface area contributed by atoms with E-state index in [-0.39, 0.29) is 0 Å². The average Bonchev–Trinajstić information content (AvgIpc) is 2.39. The molecule has 1 aliphatic heterocycles. The third kappa shape index (κ3) is 2.66. The van der Waals surface area contributed by atoms with Crippen molar-refractivity contribution >= 4 is 27.3 Å². The van der Waals surface area contributed by atoms with E-state index in [1.807, 2.05) is 6.07 Å². The second-order valence-corrected chi connectivity index (χ2v) is 6.31. The van der Waals surface area contributed by atoms with E-state index in [0.717, 1.165) is 23.2 Å². The Hall–Kier alpha value is -0.700. The van der Waals surface area contributed by atoms with Crippen molar-refractivity contribution in [2.24, 2.45) is 5.41 Å². The molecule has 1 aromatic rings. The monoisotopic (exact) mass is 310 g/mol. The van der Waals surface area contributed by atoms with Gasteiger partial charge in [-0.1, -0.05) is 42.6 Å². The maximum Gasteiger partial charge on any atom is 0.0600 e. The molecule has 1 saturated heterocycles. The predicted octanol–water partition coefficient (Wildman–Crippen LogP) is 4.44. The lowest BCUT2D eigenvalue weighted by atomic mass is 9.74. The number of hydrogen-bond donors (Lipinski definition) is 1. The van der Waals surface area contributed by atoms with Crippen LogP contribution in [0, 0.1) is 5.41 Å². The van der Waals surface area contributed by atoms with Gasteiger partial charge in [0.1, 0.15) is 0 Å². The molecule has 3 heteroatoms. The van der Waals surface area contributed by atoms with Crippen LogP contribution in [0.15, 0.2) is 22.7 Å². The van der Waals surface area contributed by atoms with Gasteiger partial charge in [0.2, 0.25) is 0 Å². The molecule has 1 aliphatic rings. The van der Waals surface area contributed by atoms with Gasteiger partial charge in [0, 0.05) is 17.6 Å². The Kier molecular flexibility index (Phi) is 4.21. The van der Waals surface area contributed by atoms with Crippen molar-refractivity contribution in [3.63, 3.8) is 0 Å². The number of nitrogen functional groups attached to an aromatic ring is 1. The smallest absolute Gasteiger partial charge is 0.0600 e. The summed E-state index contributed by atoms with van der Waals surface area (Å²) in [6, 6.07) is 6.20. The van der Waals surface area contributed by atoms with Gasteiger partial charge in [0.25, 0.3) is 0 Å². The lowest BCUT2D eigenvalue weighted by Gasteiger charge is -2.42. The molecule has 0 bridgehead atoms. The number of anilines is 2. The first kappa shape index (κ1) is 13.7. The number of halogens is 1. The highest BCUT2D eigenvalue weighted by atomic mass is 79.9. The van der Waals surface area contributed by atoms with Gasteiger partial charge in [0.15, 0.2) is 0 Å². The second-order valence-electron chi connectivity index (χ2n) is 5.40. The zero-order valence-corrected chi connectivity index (χ0v) is 13.0. The summed E-state index contributed by atoms with van der Waals surface area (Å²) >= 11 is 3.46. The summed E-state index contributed by atoms with van der Waals surface area (Å²) in [5, 5.41) is 0. The first-order valence-electron chi connectivity index (χ1n) is 6.90. The van der Waals surface area contributed by atoms with Gasteiger partial charge in [-0.25, -0.2) is 0 Å². The van der Waals surface area contributed by atoms with E-state index in [1.54, 1.807) is 0 Å². The normalized spacial score (nSPS) is 18.9. The topological polar surface area (TPSA) is 29.3 Å². The Morgan fingerprint density at radius 2 is 1.83 bits per heavy atom. The Balaban J connectivity index is 2.10. The van der Waals surface area contributed by atoms with Crippen molar-refractivity contribution in [3.05, 3.63) is 22.7 Å². The summed E-state index contributed by atoms with van der Waals surface area (Å²) in [7, 11) is 0. The average molecular weight is 311 g/mol. The third-order valence-electron chi connectivity index (χ3n) is 4.65. The summed E-state index contributed by atoms with van der Waals surface area (Å²) in [4.78, 5) is 2.44. The molecule has 1 heterocycles. The summed E-state index contributed by atoms with van der Waals surface area (Å²) in [6.07, 6.45) is 5.17. The fourth-order valence-electron chi connectivity index (χ4n) is 2.99. The molecule has 0 spiro atoms. The van der Waals surface area contributed by atoms with Crippen molar-refractivity contribution in [1.29, 1.82) is 0 Å². The summed E-state index contributed by atoms with van der Waals surface area (Å²) in [6.45, 7) is 6.92. The van der Waals surface area contributed by atoms with Crippen molar-refractivity contribution in [2.45, 2.75) is 39.5 Å².